The molecule has 0 aliphatic rings. The summed E-state index contributed by atoms with van der Waals surface area (Å²) in [6.07, 6.45) is 0.672. The van der Waals surface area contributed by atoms with E-state index in [1.807, 2.05) is 45.0 Å². The van der Waals surface area contributed by atoms with Gasteiger partial charge in [-0.25, -0.2) is 0 Å². The number of carbonyl (C=O) groups is 2. The predicted molar refractivity (Wildman–Crippen MR) is 113 cm³/mol. The van der Waals surface area contributed by atoms with Crippen molar-refractivity contribution in [3.05, 3.63) is 59.7 Å². The molecule has 1 atom stereocenters. The van der Waals surface area contributed by atoms with E-state index < -0.39 is 6.04 Å². The largest absolute Gasteiger partial charge is 0.496 e. The van der Waals surface area contributed by atoms with Gasteiger partial charge in [-0.05, 0) is 49.1 Å². The van der Waals surface area contributed by atoms with Gasteiger partial charge in [0.05, 0.1) is 19.3 Å². The summed E-state index contributed by atoms with van der Waals surface area (Å²) in [6, 6.07) is 14.2. The van der Waals surface area contributed by atoms with Gasteiger partial charge >= 0.3 is 0 Å². The molecule has 0 saturated heterocycles. The van der Waals surface area contributed by atoms with Crippen molar-refractivity contribution in [3.63, 3.8) is 0 Å². The molecule has 2 N–H and O–H groups in total. The van der Waals surface area contributed by atoms with Crippen LogP contribution in [0.3, 0.4) is 0 Å². The van der Waals surface area contributed by atoms with Gasteiger partial charge in [0.1, 0.15) is 17.5 Å². The third-order valence-electron chi connectivity index (χ3n) is 4.47. The molecular formula is C23H30N2O4. The molecular weight excluding hydrogens is 368 g/mol. The van der Waals surface area contributed by atoms with Crippen LogP contribution in [0.1, 0.15) is 36.2 Å². The first-order chi connectivity index (χ1) is 13.9. The van der Waals surface area contributed by atoms with E-state index in [0.717, 1.165) is 11.3 Å². The lowest BCUT2D eigenvalue weighted by Crippen LogP contribution is -2.50. The molecule has 156 valence electrons. The fourth-order valence-corrected chi connectivity index (χ4v) is 2.88. The zero-order chi connectivity index (χ0) is 21.2. The Labute approximate surface area is 172 Å². The fourth-order valence-electron chi connectivity index (χ4n) is 2.88. The molecule has 2 rings (SSSR count). The number of amides is 2. The highest BCUT2D eigenvalue weighted by Gasteiger charge is 2.25. The molecule has 29 heavy (non-hydrogen) atoms. The lowest BCUT2D eigenvalue weighted by atomic mass is 10.0. The summed E-state index contributed by atoms with van der Waals surface area (Å²) in [7, 11) is 1.51. The number of nitrogens with one attached hydrogen (secondary N) is 2. The average molecular weight is 399 g/mol. The van der Waals surface area contributed by atoms with Crippen LogP contribution < -0.4 is 20.1 Å². The van der Waals surface area contributed by atoms with Crippen molar-refractivity contribution in [2.75, 3.05) is 20.3 Å². The highest BCUT2D eigenvalue weighted by atomic mass is 16.5. The number of para-hydroxylation sites is 1. The minimum atomic E-state index is -0.634. The van der Waals surface area contributed by atoms with Crippen molar-refractivity contribution in [2.45, 2.75) is 33.2 Å². The van der Waals surface area contributed by atoms with Crippen LogP contribution in [-0.4, -0.2) is 38.1 Å². The Morgan fingerprint density at radius 1 is 1.07 bits per heavy atom. The van der Waals surface area contributed by atoms with E-state index >= 15 is 0 Å². The average Bonchev–Trinajstić information content (AvgIpc) is 2.71. The molecule has 0 fully saturated rings. The molecule has 0 radical (unpaired) electrons. The normalized spacial score (nSPS) is 11.6. The van der Waals surface area contributed by atoms with Gasteiger partial charge in [0, 0.05) is 6.54 Å². The maximum Gasteiger partial charge on any atom is 0.255 e. The monoisotopic (exact) mass is 398 g/mol. The number of hydrogen-bond donors (Lipinski definition) is 2. The third kappa shape index (κ3) is 6.82. The number of benzene rings is 2. The number of carbonyl (C=O) groups excluding carboxylic acids is 2. The van der Waals surface area contributed by atoms with Gasteiger partial charge in [-0.2, -0.15) is 0 Å². The summed E-state index contributed by atoms with van der Waals surface area (Å²) in [5.41, 5.74) is 1.54. The van der Waals surface area contributed by atoms with Gasteiger partial charge in [0.25, 0.3) is 5.91 Å². The highest BCUT2D eigenvalue weighted by molar-refractivity contribution is 5.99. The van der Waals surface area contributed by atoms with Gasteiger partial charge in [-0.3, -0.25) is 9.59 Å². The Kier molecular flexibility index (Phi) is 8.52. The topological polar surface area (TPSA) is 76.7 Å². The van der Waals surface area contributed by atoms with E-state index in [1.54, 1.807) is 24.3 Å². The minimum Gasteiger partial charge on any atom is -0.496 e. The van der Waals surface area contributed by atoms with Crippen molar-refractivity contribution >= 4 is 11.8 Å². The van der Waals surface area contributed by atoms with E-state index in [9.17, 15) is 9.59 Å². The van der Waals surface area contributed by atoms with Crippen LogP contribution in [0.2, 0.25) is 0 Å². The molecule has 2 aromatic carbocycles. The van der Waals surface area contributed by atoms with Gasteiger partial charge in [0.15, 0.2) is 0 Å². The van der Waals surface area contributed by atoms with E-state index in [2.05, 4.69) is 10.6 Å². The Bertz CT molecular complexity index is 820. The molecule has 0 aliphatic heterocycles. The zero-order valence-corrected chi connectivity index (χ0v) is 17.5. The number of aryl methyl sites for hydroxylation is 1. The second kappa shape index (κ2) is 11.1. The van der Waals surface area contributed by atoms with Crippen molar-refractivity contribution in [1.29, 1.82) is 0 Å². The van der Waals surface area contributed by atoms with Crippen molar-refractivity contribution in [1.82, 2.24) is 10.6 Å². The molecule has 0 bridgehead atoms. The molecule has 2 amide bonds. The van der Waals surface area contributed by atoms with Crippen LogP contribution in [0.25, 0.3) is 0 Å². The summed E-state index contributed by atoms with van der Waals surface area (Å²) in [6.45, 7) is 6.78. The standard InChI is InChI=1S/C23H30N2O4/c1-16(2)21(25-22(26)19-11-5-6-12-20(19)28-4)23(27)24-13-8-14-29-18-10-7-9-17(3)15-18/h5-7,9-12,15-16,21H,8,13-14H2,1-4H3,(H,24,27)(H,25,26)/t21-/m0/s1. The summed E-state index contributed by atoms with van der Waals surface area (Å²) in [4.78, 5) is 25.2. The first-order valence-corrected chi connectivity index (χ1v) is 9.83. The summed E-state index contributed by atoms with van der Waals surface area (Å²) in [5.74, 6) is 0.691. The summed E-state index contributed by atoms with van der Waals surface area (Å²) < 4.78 is 10.9. The first kappa shape index (κ1) is 22.3. The third-order valence-corrected chi connectivity index (χ3v) is 4.47. The maximum atomic E-state index is 12.6. The Hall–Kier alpha value is -3.02. The molecule has 0 spiro atoms. The van der Waals surface area contributed by atoms with E-state index in [0.29, 0.717) is 30.9 Å². The van der Waals surface area contributed by atoms with Gasteiger partial charge in [-0.15, -0.1) is 0 Å². The Balaban J connectivity index is 1.83. The second-order valence-electron chi connectivity index (χ2n) is 7.20. The lowest BCUT2D eigenvalue weighted by molar-refractivity contribution is -0.123. The van der Waals surface area contributed by atoms with Gasteiger partial charge in [0.2, 0.25) is 5.91 Å². The molecule has 6 heteroatoms. The number of rotatable bonds is 10. The molecule has 2 aromatic rings. The van der Waals surface area contributed by atoms with Crippen molar-refractivity contribution in [3.8, 4) is 11.5 Å². The van der Waals surface area contributed by atoms with Crippen molar-refractivity contribution < 1.29 is 19.1 Å². The zero-order valence-electron chi connectivity index (χ0n) is 17.5. The van der Waals surface area contributed by atoms with Crippen LogP contribution in [0.5, 0.6) is 11.5 Å². The Morgan fingerprint density at radius 3 is 2.52 bits per heavy atom. The molecule has 0 heterocycles. The highest BCUT2D eigenvalue weighted by Crippen LogP contribution is 2.17. The van der Waals surface area contributed by atoms with Gasteiger partial charge in [-0.1, -0.05) is 38.1 Å². The Morgan fingerprint density at radius 2 is 1.83 bits per heavy atom. The summed E-state index contributed by atoms with van der Waals surface area (Å²) in [5, 5.41) is 5.70. The van der Waals surface area contributed by atoms with E-state index in [-0.39, 0.29) is 17.7 Å². The molecule has 0 aliphatic carbocycles. The van der Waals surface area contributed by atoms with Crippen molar-refractivity contribution in [2.24, 2.45) is 5.92 Å². The second-order valence-corrected chi connectivity index (χ2v) is 7.20. The fraction of sp³-hybridized carbons (Fsp3) is 0.391. The molecule has 6 nitrogen and oxygen atoms in total. The number of ether oxygens (including phenoxy) is 2. The first-order valence-electron chi connectivity index (χ1n) is 9.83. The van der Waals surface area contributed by atoms with Crippen LogP contribution in [0, 0.1) is 12.8 Å². The predicted octanol–water partition coefficient (Wildman–Crippen LogP) is 3.34. The quantitative estimate of drug-likeness (QED) is 0.602. The van der Waals surface area contributed by atoms with Crippen LogP contribution in [-0.2, 0) is 4.79 Å². The van der Waals surface area contributed by atoms with Crippen LogP contribution in [0.4, 0.5) is 0 Å². The number of hydrogen-bond acceptors (Lipinski definition) is 4. The van der Waals surface area contributed by atoms with E-state index in [4.69, 9.17) is 9.47 Å². The molecule has 0 saturated carbocycles. The molecule has 0 aromatic heterocycles. The van der Waals surface area contributed by atoms with E-state index in [1.165, 1.54) is 7.11 Å². The summed E-state index contributed by atoms with van der Waals surface area (Å²) >= 11 is 0. The number of methoxy groups -OCH3 is 1. The maximum absolute atomic E-state index is 12.6. The minimum absolute atomic E-state index is 0.0581. The molecule has 0 unspecified atom stereocenters. The lowest BCUT2D eigenvalue weighted by Gasteiger charge is -2.22. The van der Waals surface area contributed by atoms with Crippen LogP contribution in [0.15, 0.2) is 48.5 Å². The SMILES string of the molecule is COc1ccccc1C(=O)N[C@H](C(=O)NCCCOc1cccc(C)c1)C(C)C. The smallest absolute Gasteiger partial charge is 0.255 e. The van der Waals surface area contributed by atoms with Crippen LogP contribution >= 0.6 is 0 Å². The van der Waals surface area contributed by atoms with Gasteiger partial charge < -0.3 is 20.1 Å².